The minimum atomic E-state index is -4.26. The van der Waals surface area contributed by atoms with Crippen molar-refractivity contribution in [2.24, 2.45) is 5.84 Å². The highest BCUT2D eigenvalue weighted by atomic mass is 35.5. The first-order chi connectivity index (χ1) is 5.95. The van der Waals surface area contributed by atoms with Crippen molar-refractivity contribution >= 4 is 28.2 Å². The average Bonchev–Trinajstić information content (AvgIpc) is 2.03. The molecule has 0 saturated carbocycles. The summed E-state index contributed by atoms with van der Waals surface area (Å²) >= 11 is 0. The van der Waals surface area contributed by atoms with Gasteiger partial charge in [0.15, 0.2) is 0 Å². The van der Waals surface area contributed by atoms with Crippen LogP contribution in [0, 0.1) is 0 Å². The summed E-state index contributed by atoms with van der Waals surface area (Å²) in [6.07, 6.45) is 0. The van der Waals surface area contributed by atoms with Crippen LogP contribution in [0.15, 0.2) is 23.1 Å². The summed E-state index contributed by atoms with van der Waals surface area (Å²) in [7, 11) is -4.26. The number of halogens is 1. The molecule has 14 heavy (non-hydrogen) atoms. The van der Waals surface area contributed by atoms with Crippen molar-refractivity contribution in [3.05, 3.63) is 18.2 Å². The summed E-state index contributed by atoms with van der Waals surface area (Å²) in [4.78, 5) is -0.335. The lowest BCUT2D eigenvalue weighted by atomic mass is 10.3. The van der Waals surface area contributed by atoms with Crippen molar-refractivity contribution in [1.29, 1.82) is 0 Å². The average molecular weight is 241 g/mol. The fourth-order valence-corrected chi connectivity index (χ4v) is 1.30. The Morgan fingerprint density at radius 2 is 1.93 bits per heavy atom. The third-order valence-corrected chi connectivity index (χ3v) is 2.27. The molecule has 0 spiro atoms. The summed E-state index contributed by atoms with van der Waals surface area (Å²) in [5.41, 5.74) is 2.11. The van der Waals surface area contributed by atoms with Crippen LogP contribution in [-0.4, -0.2) is 18.1 Å². The standard InChI is InChI=1S/C6H8N2O4S.ClH/c7-8-5-3-4(13(10,11)12)1-2-6(5)9;/h1-3,8-9H,7H2,(H,10,11,12);1H. The quantitative estimate of drug-likeness (QED) is 0.257. The number of nitrogen functional groups attached to an aromatic ring is 1. The minimum Gasteiger partial charge on any atom is -0.506 e. The van der Waals surface area contributed by atoms with E-state index in [-0.39, 0.29) is 28.7 Å². The normalized spacial score (nSPS) is 10.4. The minimum absolute atomic E-state index is 0. The summed E-state index contributed by atoms with van der Waals surface area (Å²) in [6.45, 7) is 0. The Hall–Kier alpha value is -1.02. The van der Waals surface area contributed by atoms with Gasteiger partial charge in [-0.25, -0.2) is 0 Å². The molecule has 0 amide bonds. The van der Waals surface area contributed by atoms with Crippen molar-refractivity contribution < 1.29 is 18.1 Å². The molecule has 0 bridgehead atoms. The van der Waals surface area contributed by atoms with Crippen LogP contribution in [0.2, 0.25) is 0 Å². The van der Waals surface area contributed by atoms with E-state index in [0.717, 1.165) is 18.2 Å². The molecule has 0 aromatic heterocycles. The van der Waals surface area contributed by atoms with E-state index in [1.165, 1.54) is 0 Å². The smallest absolute Gasteiger partial charge is 0.294 e. The Morgan fingerprint density at radius 3 is 2.36 bits per heavy atom. The highest BCUT2D eigenvalue weighted by molar-refractivity contribution is 7.85. The molecule has 6 nitrogen and oxygen atoms in total. The predicted molar refractivity (Wildman–Crippen MR) is 53.0 cm³/mol. The fourth-order valence-electron chi connectivity index (χ4n) is 0.791. The summed E-state index contributed by atoms with van der Waals surface area (Å²) in [6, 6.07) is 3.19. The van der Waals surface area contributed by atoms with E-state index < -0.39 is 10.1 Å². The molecule has 0 heterocycles. The monoisotopic (exact) mass is 240 g/mol. The molecule has 0 aliphatic carbocycles. The molecule has 0 saturated heterocycles. The number of nitrogens with two attached hydrogens (primary N) is 1. The number of hydrogen-bond donors (Lipinski definition) is 4. The number of hydrazine groups is 1. The molecule has 1 aromatic carbocycles. The second kappa shape index (κ2) is 4.47. The Morgan fingerprint density at radius 1 is 1.36 bits per heavy atom. The molecule has 8 heteroatoms. The molecule has 0 unspecified atom stereocenters. The predicted octanol–water partition coefficient (Wildman–Crippen LogP) is 0.346. The van der Waals surface area contributed by atoms with Gasteiger partial charge in [-0.3, -0.25) is 10.4 Å². The van der Waals surface area contributed by atoms with Gasteiger partial charge in [-0.2, -0.15) is 8.42 Å². The van der Waals surface area contributed by atoms with E-state index in [1.54, 1.807) is 0 Å². The first-order valence-electron chi connectivity index (χ1n) is 3.22. The van der Waals surface area contributed by atoms with Crippen molar-refractivity contribution in [3.63, 3.8) is 0 Å². The zero-order chi connectivity index (χ0) is 10.1. The highest BCUT2D eigenvalue weighted by Gasteiger charge is 2.11. The lowest BCUT2D eigenvalue weighted by Gasteiger charge is -2.04. The van der Waals surface area contributed by atoms with Crippen LogP contribution >= 0.6 is 12.4 Å². The summed E-state index contributed by atoms with van der Waals surface area (Å²) in [5.74, 6) is 4.78. The number of aromatic hydroxyl groups is 1. The lowest BCUT2D eigenvalue weighted by Crippen LogP contribution is -2.08. The molecule has 0 atom stereocenters. The zero-order valence-corrected chi connectivity index (χ0v) is 8.47. The van der Waals surface area contributed by atoms with Gasteiger partial charge in [0.2, 0.25) is 0 Å². The van der Waals surface area contributed by atoms with Crippen LogP contribution < -0.4 is 11.3 Å². The maximum absolute atomic E-state index is 10.6. The number of rotatable bonds is 2. The van der Waals surface area contributed by atoms with Gasteiger partial charge in [-0.05, 0) is 18.2 Å². The van der Waals surface area contributed by atoms with Crippen LogP contribution in [0.5, 0.6) is 5.75 Å². The molecule has 0 aliphatic rings. The number of nitrogens with one attached hydrogen (secondary N) is 1. The Kier molecular flexibility index (Phi) is 4.14. The van der Waals surface area contributed by atoms with E-state index in [2.05, 4.69) is 5.43 Å². The van der Waals surface area contributed by atoms with Gasteiger partial charge >= 0.3 is 0 Å². The zero-order valence-electron chi connectivity index (χ0n) is 6.84. The molecule has 1 aromatic rings. The van der Waals surface area contributed by atoms with Gasteiger partial charge in [0.05, 0.1) is 10.6 Å². The van der Waals surface area contributed by atoms with E-state index in [4.69, 9.17) is 15.5 Å². The van der Waals surface area contributed by atoms with E-state index in [0.29, 0.717) is 0 Å². The van der Waals surface area contributed by atoms with Crippen molar-refractivity contribution in [2.45, 2.75) is 4.90 Å². The van der Waals surface area contributed by atoms with Gasteiger partial charge in [0.1, 0.15) is 5.75 Å². The number of phenolic OH excluding ortho intramolecular Hbond substituents is 1. The topological polar surface area (TPSA) is 113 Å². The van der Waals surface area contributed by atoms with Crippen molar-refractivity contribution in [2.75, 3.05) is 5.43 Å². The van der Waals surface area contributed by atoms with Gasteiger partial charge in [-0.15, -0.1) is 12.4 Å². The first-order valence-corrected chi connectivity index (χ1v) is 4.66. The van der Waals surface area contributed by atoms with Gasteiger partial charge in [0, 0.05) is 0 Å². The molecular weight excluding hydrogens is 232 g/mol. The van der Waals surface area contributed by atoms with Crippen molar-refractivity contribution in [1.82, 2.24) is 0 Å². The second-order valence-corrected chi connectivity index (χ2v) is 3.72. The SMILES string of the molecule is Cl.NNc1cc(S(=O)(=O)O)ccc1O. The van der Waals surface area contributed by atoms with E-state index in [9.17, 15) is 8.42 Å². The van der Waals surface area contributed by atoms with Crippen LogP contribution in [0.25, 0.3) is 0 Å². The Bertz CT molecular complexity index is 420. The number of phenols is 1. The van der Waals surface area contributed by atoms with Crippen LogP contribution in [0.3, 0.4) is 0 Å². The summed E-state index contributed by atoms with van der Waals surface area (Å²) in [5, 5.41) is 9.08. The van der Waals surface area contributed by atoms with Crippen LogP contribution in [0.4, 0.5) is 5.69 Å². The number of benzene rings is 1. The van der Waals surface area contributed by atoms with Crippen LogP contribution in [0.1, 0.15) is 0 Å². The molecule has 1 rings (SSSR count). The molecule has 5 N–H and O–H groups in total. The third-order valence-electron chi connectivity index (χ3n) is 1.42. The third kappa shape index (κ3) is 2.74. The summed E-state index contributed by atoms with van der Waals surface area (Å²) < 4.78 is 29.9. The highest BCUT2D eigenvalue weighted by Crippen LogP contribution is 2.24. The largest absolute Gasteiger partial charge is 0.506 e. The van der Waals surface area contributed by atoms with Gasteiger partial charge in [0.25, 0.3) is 10.1 Å². The maximum atomic E-state index is 10.6. The molecular formula is C6H9ClN2O4S. The second-order valence-electron chi connectivity index (χ2n) is 2.30. The number of hydrogen-bond acceptors (Lipinski definition) is 5. The van der Waals surface area contributed by atoms with Gasteiger partial charge in [-0.1, -0.05) is 0 Å². The molecule has 80 valence electrons. The number of anilines is 1. The van der Waals surface area contributed by atoms with E-state index >= 15 is 0 Å². The lowest BCUT2D eigenvalue weighted by molar-refractivity contribution is 0.474. The fraction of sp³-hybridized carbons (Fsp3) is 0. The Balaban J connectivity index is 0.00000169. The Labute approximate surface area is 86.9 Å². The first kappa shape index (κ1) is 13.0. The van der Waals surface area contributed by atoms with E-state index in [1.807, 2.05) is 0 Å². The molecule has 0 aliphatic heterocycles. The van der Waals surface area contributed by atoms with Crippen molar-refractivity contribution in [3.8, 4) is 5.75 Å². The molecule has 0 radical (unpaired) electrons. The van der Waals surface area contributed by atoms with Crippen LogP contribution in [-0.2, 0) is 10.1 Å². The van der Waals surface area contributed by atoms with Gasteiger partial charge < -0.3 is 10.5 Å². The maximum Gasteiger partial charge on any atom is 0.294 e. The molecule has 0 fully saturated rings.